The minimum atomic E-state index is -0.333. The Balaban J connectivity index is 1.57. The summed E-state index contributed by atoms with van der Waals surface area (Å²) >= 11 is 14.2. The third kappa shape index (κ3) is 7.01. The highest BCUT2D eigenvalue weighted by atomic mass is 127. The molecule has 0 spiro atoms. The van der Waals surface area contributed by atoms with E-state index in [1.807, 2.05) is 30.3 Å². The molecular weight excluding hydrogens is 566 g/mol. The van der Waals surface area contributed by atoms with Gasteiger partial charge in [0, 0.05) is 26.9 Å². The molecule has 9 heteroatoms. The molecule has 0 saturated heterocycles. The summed E-state index contributed by atoms with van der Waals surface area (Å²) in [5.41, 5.74) is 2.23. The maximum Gasteiger partial charge on any atom is 0.265 e. The molecule has 1 N–H and O–H groups in total. The Kier molecular flexibility index (Phi) is 9.01. The highest BCUT2D eigenvalue weighted by Crippen LogP contribution is 2.34. The fourth-order valence-electron chi connectivity index (χ4n) is 2.64. The standard InChI is InChI=1S/C23H19Cl2IN2O4/c1-30-21-11-15(10-20(26)23(21)31-13-16-4-2-3-5-19(16)25)12-27-32-14-22(29)28-18-8-6-17(24)7-9-18/h2-12H,13-14H2,1H3,(H,28,29)/b27-12+. The fraction of sp³-hybridized carbons (Fsp3) is 0.130. The van der Waals surface area contributed by atoms with Crippen molar-refractivity contribution < 1.29 is 19.1 Å². The summed E-state index contributed by atoms with van der Waals surface area (Å²) in [6, 6.07) is 17.9. The predicted molar refractivity (Wildman–Crippen MR) is 135 cm³/mol. The monoisotopic (exact) mass is 584 g/mol. The van der Waals surface area contributed by atoms with Gasteiger partial charge in [-0.05, 0) is 65.1 Å². The van der Waals surface area contributed by atoms with Gasteiger partial charge in [-0.25, -0.2) is 0 Å². The average molecular weight is 585 g/mol. The lowest BCUT2D eigenvalue weighted by atomic mass is 10.2. The van der Waals surface area contributed by atoms with Crippen molar-refractivity contribution in [1.82, 2.24) is 0 Å². The van der Waals surface area contributed by atoms with Crippen LogP contribution in [0.2, 0.25) is 10.0 Å². The van der Waals surface area contributed by atoms with Crippen molar-refractivity contribution in [3.63, 3.8) is 0 Å². The van der Waals surface area contributed by atoms with Crippen LogP contribution in [0.5, 0.6) is 11.5 Å². The van der Waals surface area contributed by atoms with Gasteiger partial charge in [0.05, 0.1) is 16.9 Å². The fourth-order valence-corrected chi connectivity index (χ4v) is 3.74. The SMILES string of the molecule is COc1cc(/C=N/OCC(=O)Nc2ccc(Cl)cc2)cc(I)c1OCc1ccccc1Cl. The number of carbonyl (C=O) groups excluding carboxylic acids is 1. The molecule has 0 fully saturated rings. The van der Waals surface area contributed by atoms with Crippen LogP contribution in [-0.2, 0) is 16.2 Å². The predicted octanol–water partition coefficient (Wildman–Crippen LogP) is 6.17. The van der Waals surface area contributed by atoms with Gasteiger partial charge in [-0.3, -0.25) is 4.79 Å². The number of methoxy groups -OCH3 is 1. The Morgan fingerprint density at radius 3 is 2.59 bits per heavy atom. The van der Waals surface area contributed by atoms with Crippen LogP contribution in [0.3, 0.4) is 0 Å². The summed E-state index contributed by atoms with van der Waals surface area (Å²) in [7, 11) is 1.56. The quantitative estimate of drug-likeness (QED) is 0.185. The van der Waals surface area contributed by atoms with Crippen molar-refractivity contribution in [3.8, 4) is 11.5 Å². The second kappa shape index (κ2) is 11.9. The first-order valence-electron chi connectivity index (χ1n) is 9.40. The number of halogens is 3. The minimum Gasteiger partial charge on any atom is -0.493 e. The van der Waals surface area contributed by atoms with Crippen LogP contribution in [0.1, 0.15) is 11.1 Å². The Bertz CT molecular complexity index is 1110. The van der Waals surface area contributed by atoms with Crippen LogP contribution in [0, 0.1) is 3.57 Å². The molecule has 0 atom stereocenters. The molecule has 0 unspecified atom stereocenters. The molecule has 0 aromatic heterocycles. The van der Waals surface area contributed by atoms with Crippen molar-refractivity contribution in [2.75, 3.05) is 19.0 Å². The van der Waals surface area contributed by atoms with E-state index in [-0.39, 0.29) is 12.5 Å². The van der Waals surface area contributed by atoms with E-state index >= 15 is 0 Å². The number of hydrogen-bond donors (Lipinski definition) is 1. The average Bonchev–Trinajstić information content (AvgIpc) is 2.78. The topological polar surface area (TPSA) is 69.2 Å². The summed E-state index contributed by atoms with van der Waals surface area (Å²) in [6.07, 6.45) is 1.50. The lowest BCUT2D eigenvalue weighted by Gasteiger charge is -2.14. The van der Waals surface area contributed by atoms with E-state index in [4.69, 9.17) is 37.5 Å². The van der Waals surface area contributed by atoms with Gasteiger partial charge in [0.25, 0.3) is 5.91 Å². The number of ether oxygens (including phenoxy) is 2. The van der Waals surface area contributed by atoms with Crippen LogP contribution in [-0.4, -0.2) is 25.8 Å². The van der Waals surface area contributed by atoms with Gasteiger partial charge in [0.2, 0.25) is 0 Å². The van der Waals surface area contributed by atoms with Crippen molar-refractivity contribution in [3.05, 3.63) is 85.4 Å². The summed E-state index contributed by atoms with van der Waals surface area (Å²) < 4.78 is 12.2. The van der Waals surface area contributed by atoms with Crippen molar-refractivity contribution in [2.24, 2.45) is 5.16 Å². The van der Waals surface area contributed by atoms with Crippen LogP contribution < -0.4 is 14.8 Å². The van der Waals surface area contributed by atoms with E-state index in [2.05, 4.69) is 33.1 Å². The smallest absolute Gasteiger partial charge is 0.265 e. The first-order chi connectivity index (χ1) is 15.5. The van der Waals surface area contributed by atoms with Crippen LogP contribution in [0.25, 0.3) is 0 Å². The summed E-state index contributed by atoms with van der Waals surface area (Å²) in [5, 5.41) is 7.79. The molecule has 32 heavy (non-hydrogen) atoms. The van der Waals surface area contributed by atoms with Crippen LogP contribution >= 0.6 is 45.8 Å². The minimum absolute atomic E-state index is 0.230. The number of amides is 1. The molecule has 0 heterocycles. The highest BCUT2D eigenvalue weighted by Gasteiger charge is 2.12. The van der Waals surface area contributed by atoms with E-state index in [0.717, 1.165) is 14.7 Å². The second-order valence-electron chi connectivity index (χ2n) is 6.48. The second-order valence-corrected chi connectivity index (χ2v) is 8.48. The molecule has 0 aliphatic carbocycles. The number of nitrogens with zero attached hydrogens (tertiary/aromatic N) is 1. The number of oxime groups is 1. The van der Waals surface area contributed by atoms with Crippen LogP contribution in [0.4, 0.5) is 5.69 Å². The number of hydrogen-bond acceptors (Lipinski definition) is 5. The molecule has 0 aliphatic heterocycles. The Morgan fingerprint density at radius 1 is 1.12 bits per heavy atom. The summed E-state index contributed by atoms with van der Waals surface area (Å²) in [4.78, 5) is 17.0. The third-order valence-electron chi connectivity index (χ3n) is 4.18. The molecule has 3 rings (SSSR count). The van der Waals surface area contributed by atoms with Gasteiger partial charge in [-0.1, -0.05) is 46.6 Å². The van der Waals surface area contributed by atoms with Gasteiger partial charge < -0.3 is 19.6 Å². The number of carbonyl (C=O) groups is 1. The van der Waals surface area contributed by atoms with Crippen LogP contribution in [0.15, 0.2) is 65.8 Å². The number of rotatable bonds is 9. The van der Waals surface area contributed by atoms with E-state index < -0.39 is 0 Å². The van der Waals surface area contributed by atoms with Gasteiger partial charge in [-0.2, -0.15) is 0 Å². The Morgan fingerprint density at radius 2 is 1.88 bits per heavy atom. The molecule has 166 valence electrons. The molecule has 3 aromatic carbocycles. The zero-order chi connectivity index (χ0) is 22.9. The Labute approximate surface area is 209 Å². The van der Waals surface area contributed by atoms with Crippen molar-refractivity contribution in [2.45, 2.75) is 6.61 Å². The third-order valence-corrected chi connectivity index (χ3v) is 5.60. The summed E-state index contributed by atoms with van der Waals surface area (Å²) in [5.74, 6) is 0.819. The maximum absolute atomic E-state index is 11.9. The normalized spacial score (nSPS) is 10.8. The highest BCUT2D eigenvalue weighted by molar-refractivity contribution is 14.1. The first kappa shape index (κ1) is 24.2. The van der Waals surface area contributed by atoms with Gasteiger partial charge in [0.1, 0.15) is 6.61 Å². The van der Waals surface area contributed by atoms with Gasteiger partial charge in [-0.15, -0.1) is 0 Å². The number of benzene rings is 3. The molecule has 0 radical (unpaired) electrons. The molecule has 1 amide bonds. The Hall–Kier alpha value is -2.49. The van der Waals surface area contributed by atoms with E-state index in [9.17, 15) is 4.79 Å². The number of nitrogens with one attached hydrogen (secondary N) is 1. The first-order valence-corrected chi connectivity index (χ1v) is 11.2. The van der Waals surface area contributed by atoms with E-state index in [1.54, 1.807) is 37.4 Å². The lowest BCUT2D eigenvalue weighted by molar-refractivity contribution is -0.120. The summed E-state index contributed by atoms with van der Waals surface area (Å²) in [6.45, 7) is 0.0810. The molecule has 0 bridgehead atoms. The molecule has 6 nitrogen and oxygen atoms in total. The van der Waals surface area contributed by atoms with Crippen molar-refractivity contribution in [1.29, 1.82) is 0 Å². The zero-order valence-electron chi connectivity index (χ0n) is 17.0. The molecule has 3 aromatic rings. The number of anilines is 1. The largest absolute Gasteiger partial charge is 0.493 e. The van der Waals surface area contributed by atoms with Gasteiger partial charge >= 0.3 is 0 Å². The van der Waals surface area contributed by atoms with Crippen molar-refractivity contribution >= 4 is 63.6 Å². The van der Waals surface area contributed by atoms with E-state index in [0.29, 0.717) is 33.8 Å². The van der Waals surface area contributed by atoms with Gasteiger partial charge in [0.15, 0.2) is 18.1 Å². The maximum atomic E-state index is 11.9. The molecular formula is C23H19Cl2IN2O4. The lowest BCUT2D eigenvalue weighted by Crippen LogP contribution is -2.16. The van der Waals surface area contributed by atoms with E-state index in [1.165, 1.54) is 6.21 Å². The zero-order valence-corrected chi connectivity index (χ0v) is 20.6. The molecule has 0 saturated carbocycles. The molecule has 0 aliphatic rings.